The minimum absolute atomic E-state index is 0.122. The van der Waals surface area contributed by atoms with E-state index < -0.39 is 23.9 Å². The molecule has 42 heavy (non-hydrogen) atoms. The van der Waals surface area contributed by atoms with E-state index in [1.807, 2.05) is 30.3 Å². The van der Waals surface area contributed by atoms with Crippen molar-refractivity contribution in [2.75, 3.05) is 17.7 Å². The van der Waals surface area contributed by atoms with E-state index in [2.05, 4.69) is 41.4 Å². The highest BCUT2D eigenvalue weighted by Gasteiger charge is 2.23. The van der Waals surface area contributed by atoms with Crippen molar-refractivity contribution >= 4 is 58.1 Å². The molecule has 0 saturated carbocycles. The molecule has 2 heterocycles. The molecule has 0 spiro atoms. The third-order valence-electron chi connectivity index (χ3n) is 6.08. The Balaban J connectivity index is 1.37. The van der Waals surface area contributed by atoms with Crippen LogP contribution in [0.3, 0.4) is 0 Å². The normalized spacial score (nSPS) is 11.8. The quantitative estimate of drug-likeness (QED) is 0.216. The standard InChI is InChI=1S/C28H23ClN8O5/c1-41-28(40)32-21-9-5-8-20-25(21)42-34-26(20)33-27(39)22(14-17-6-3-2-4-7-17)31-24(38)13-10-18-15-19(29)11-12-23(18)37-16-30-35-36-37/h2-13,15-16,22H,14H2,1H3,(H,31,38)(H,32,40)(H,33,34,39)/b13-10+/t22-/m0/s1. The van der Waals surface area contributed by atoms with E-state index in [1.54, 1.807) is 42.5 Å². The molecular formula is C28H23ClN8O5. The minimum Gasteiger partial charge on any atom is -0.453 e. The number of rotatable bonds is 9. The summed E-state index contributed by atoms with van der Waals surface area (Å²) < 4.78 is 11.5. The van der Waals surface area contributed by atoms with Crippen LogP contribution in [0.2, 0.25) is 5.02 Å². The predicted octanol–water partition coefficient (Wildman–Crippen LogP) is 4.01. The van der Waals surface area contributed by atoms with Crippen LogP contribution in [0.5, 0.6) is 0 Å². The molecule has 0 aliphatic heterocycles. The zero-order valence-corrected chi connectivity index (χ0v) is 22.8. The van der Waals surface area contributed by atoms with E-state index in [0.717, 1.165) is 5.56 Å². The second kappa shape index (κ2) is 12.7. The van der Waals surface area contributed by atoms with Crippen molar-refractivity contribution in [3.63, 3.8) is 0 Å². The highest BCUT2D eigenvalue weighted by atomic mass is 35.5. The number of anilines is 2. The summed E-state index contributed by atoms with van der Waals surface area (Å²) >= 11 is 6.17. The monoisotopic (exact) mass is 586 g/mol. The van der Waals surface area contributed by atoms with E-state index in [9.17, 15) is 14.4 Å². The molecule has 212 valence electrons. The van der Waals surface area contributed by atoms with E-state index >= 15 is 0 Å². The van der Waals surface area contributed by atoms with Crippen LogP contribution in [0.15, 0.2) is 83.7 Å². The van der Waals surface area contributed by atoms with Gasteiger partial charge < -0.3 is 19.9 Å². The number of hydrogen-bond donors (Lipinski definition) is 3. The van der Waals surface area contributed by atoms with Crippen LogP contribution in [0.25, 0.3) is 22.7 Å². The van der Waals surface area contributed by atoms with E-state index in [-0.39, 0.29) is 17.8 Å². The van der Waals surface area contributed by atoms with Gasteiger partial charge in [0.1, 0.15) is 12.4 Å². The molecule has 0 unspecified atom stereocenters. The lowest BCUT2D eigenvalue weighted by Gasteiger charge is -2.17. The molecule has 2 aromatic heterocycles. The Morgan fingerprint density at radius 1 is 1.07 bits per heavy atom. The second-order valence-electron chi connectivity index (χ2n) is 8.86. The maximum Gasteiger partial charge on any atom is 0.411 e. The van der Waals surface area contributed by atoms with Gasteiger partial charge in [0.2, 0.25) is 11.8 Å². The van der Waals surface area contributed by atoms with Crippen molar-refractivity contribution in [2.24, 2.45) is 0 Å². The predicted molar refractivity (Wildman–Crippen MR) is 154 cm³/mol. The number of nitrogens with one attached hydrogen (secondary N) is 3. The molecule has 0 fully saturated rings. The molecule has 0 radical (unpaired) electrons. The molecular weight excluding hydrogens is 564 g/mol. The topological polar surface area (TPSA) is 166 Å². The number of ether oxygens (including phenoxy) is 1. The molecule has 0 saturated heterocycles. The summed E-state index contributed by atoms with van der Waals surface area (Å²) in [6.07, 6.45) is 3.77. The molecule has 0 aliphatic rings. The van der Waals surface area contributed by atoms with E-state index in [1.165, 1.54) is 24.2 Å². The number of tetrazole rings is 1. The minimum atomic E-state index is -0.981. The van der Waals surface area contributed by atoms with Gasteiger partial charge in [-0.1, -0.05) is 53.2 Å². The number of hydrogen-bond acceptors (Lipinski definition) is 9. The van der Waals surface area contributed by atoms with Crippen LogP contribution in [-0.2, 0) is 20.7 Å². The van der Waals surface area contributed by atoms with Crippen molar-refractivity contribution in [3.8, 4) is 5.69 Å². The lowest BCUT2D eigenvalue weighted by Crippen LogP contribution is -2.44. The largest absolute Gasteiger partial charge is 0.453 e. The molecule has 0 aliphatic carbocycles. The first kappa shape index (κ1) is 28.0. The molecule has 5 aromatic rings. The summed E-state index contributed by atoms with van der Waals surface area (Å²) in [4.78, 5) is 38.2. The van der Waals surface area contributed by atoms with Crippen LogP contribution >= 0.6 is 11.6 Å². The summed E-state index contributed by atoms with van der Waals surface area (Å²) in [6.45, 7) is 0. The van der Waals surface area contributed by atoms with Gasteiger partial charge in [0.25, 0.3) is 0 Å². The van der Waals surface area contributed by atoms with Crippen LogP contribution in [0, 0.1) is 0 Å². The fourth-order valence-electron chi connectivity index (χ4n) is 4.10. The summed E-state index contributed by atoms with van der Waals surface area (Å²) in [5.41, 5.74) is 2.57. The number of halogens is 1. The Labute approximate surface area is 243 Å². The van der Waals surface area contributed by atoms with Gasteiger partial charge in [-0.3, -0.25) is 14.9 Å². The average Bonchev–Trinajstić information content (AvgIpc) is 3.68. The van der Waals surface area contributed by atoms with E-state index in [4.69, 9.17) is 16.1 Å². The van der Waals surface area contributed by atoms with Crippen LogP contribution in [0.4, 0.5) is 16.3 Å². The molecule has 1 atom stereocenters. The van der Waals surface area contributed by atoms with Gasteiger partial charge in [0.05, 0.1) is 23.9 Å². The van der Waals surface area contributed by atoms with Crippen molar-refractivity contribution in [1.29, 1.82) is 0 Å². The first-order valence-electron chi connectivity index (χ1n) is 12.5. The number of benzene rings is 3. The summed E-state index contributed by atoms with van der Waals surface area (Å²) in [5.74, 6) is -0.932. The number of methoxy groups -OCH3 is 1. The Morgan fingerprint density at radius 2 is 1.90 bits per heavy atom. The average molecular weight is 587 g/mol. The SMILES string of the molecule is COC(=O)Nc1cccc2c(NC(=O)[C@H](Cc3ccccc3)NC(=O)/C=C/c3cc(Cl)ccc3-n3cnnn3)noc12. The van der Waals surface area contributed by atoms with Crippen LogP contribution < -0.4 is 16.0 Å². The first-order chi connectivity index (χ1) is 20.4. The number of amides is 3. The summed E-state index contributed by atoms with van der Waals surface area (Å²) in [7, 11) is 1.24. The van der Waals surface area contributed by atoms with Crippen LogP contribution in [-0.4, -0.2) is 56.4 Å². The number of carbonyl (C=O) groups is 3. The zero-order valence-electron chi connectivity index (χ0n) is 22.0. The fraction of sp³-hybridized carbons (Fsp3) is 0.107. The zero-order chi connectivity index (χ0) is 29.5. The van der Waals surface area contributed by atoms with Gasteiger partial charge in [0, 0.05) is 23.1 Å². The molecule has 3 amide bonds. The van der Waals surface area contributed by atoms with Crippen LogP contribution in [0.1, 0.15) is 11.1 Å². The molecule has 3 aromatic carbocycles. The second-order valence-corrected chi connectivity index (χ2v) is 9.30. The van der Waals surface area contributed by atoms with Gasteiger partial charge >= 0.3 is 6.09 Å². The van der Waals surface area contributed by atoms with Crippen molar-refractivity contribution in [2.45, 2.75) is 12.5 Å². The van der Waals surface area contributed by atoms with Crippen molar-refractivity contribution in [3.05, 3.63) is 95.3 Å². The van der Waals surface area contributed by atoms with Gasteiger partial charge in [-0.15, -0.1) is 5.10 Å². The first-order valence-corrected chi connectivity index (χ1v) is 12.9. The number of nitrogens with zero attached hydrogens (tertiary/aromatic N) is 5. The molecule has 3 N–H and O–H groups in total. The molecule has 14 heteroatoms. The Bertz CT molecular complexity index is 1760. The number of fused-ring (bicyclic) bond motifs is 1. The third-order valence-corrected chi connectivity index (χ3v) is 6.31. The van der Waals surface area contributed by atoms with Gasteiger partial charge in [-0.05, 0) is 52.4 Å². The molecule has 0 bridgehead atoms. The van der Waals surface area contributed by atoms with Gasteiger partial charge in [-0.2, -0.15) is 4.68 Å². The molecule has 13 nitrogen and oxygen atoms in total. The van der Waals surface area contributed by atoms with Crippen molar-refractivity contribution < 1.29 is 23.6 Å². The Kier molecular flexibility index (Phi) is 8.49. The maximum absolute atomic E-state index is 13.5. The molecule has 5 rings (SSSR count). The number of aromatic nitrogens is 5. The highest BCUT2D eigenvalue weighted by molar-refractivity contribution is 6.30. The Morgan fingerprint density at radius 3 is 2.67 bits per heavy atom. The summed E-state index contributed by atoms with van der Waals surface area (Å²) in [6, 6.07) is 18.2. The summed E-state index contributed by atoms with van der Waals surface area (Å²) in [5, 5.41) is 24.0. The van der Waals surface area contributed by atoms with Gasteiger partial charge in [0.15, 0.2) is 11.4 Å². The van der Waals surface area contributed by atoms with Gasteiger partial charge in [-0.25, -0.2) is 4.79 Å². The van der Waals surface area contributed by atoms with Crippen molar-refractivity contribution in [1.82, 2.24) is 30.7 Å². The Hall–Kier alpha value is -5.56. The fourth-order valence-corrected chi connectivity index (χ4v) is 4.28. The number of para-hydroxylation sites is 1. The van der Waals surface area contributed by atoms with E-state index in [0.29, 0.717) is 27.3 Å². The highest BCUT2D eigenvalue weighted by Crippen LogP contribution is 2.29. The third kappa shape index (κ3) is 6.59. The smallest absolute Gasteiger partial charge is 0.411 e. The lowest BCUT2D eigenvalue weighted by atomic mass is 10.0. The lowest BCUT2D eigenvalue weighted by molar-refractivity contribution is -0.123. The number of carbonyl (C=O) groups excluding carboxylic acids is 3. The maximum atomic E-state index is 13.5.